The molecule has 1 N–H and O–H groups in total. The number of aromatic nitrogens is 2. The number of rotatable bonds is 4. The Kier molecular flexibility index (Phi) is 5.19. The molecular formula is C18H22N4O. The quantitative estimate of drug-likeness (QED) is 0.943. The summed E-state index contributed by atoms with van der Waals surface area (Å²) in [6.45, 7) is 2.59. The Balaban J connectivity index is 1.65. The molecule has 0 aliphatic carbocycles. The van der Waals surface area contributed by atoms with Crippen LogP contribution in [0.5, 0.6) is 0 Å². The predicted molar refractivity (Wildman–Crippen MR) is 90.3 cm³/mol. The van der Waals surface area contributed by atoms with Gasteiger partial charge in [-0.3, -0.25) is 14.8 Å². The molecule has 0 aromatic carbocycles. The number of hydrogen-bond acceptors (Lipinski definition) is 4. The average Bonchev–Trinajstić information content (AvgIpc) is 2.90. The normalized spacial score (nSPS) is 15.0. The van der Waals surface area contributed by atoms with Crippen LogP contribution in [0.1, 0.15) is 41.6 Å². The monoisotopic (exact) mass is 310 g/mol. The summed E-state index contributed by atoms with van der Waals surface area (Å²) in [5, 5.41) is 2.93. The van der Waals surface area contributed by atoms with Crippen molar-refractivity contribution in [3.8, 4) is 0 Å². The van der Waals surface area contributed by atoms with E-state index in [0.717, 1.165) is 24.3 Å². The SMILES string of the molecule is O=C(NCc1ccncc1)c1cncc(N2CCCCCC2)c1. The minimum atomic E-state index is -0.0917. The average molecular weight is 310 g/mol. The van der Waals surface area contributed by atoms with Gasteiger partial charge in [-0.05, 0) is 36.6 Å². The Hall–Kier alpha value is -2.43. The predicted octanol–water partition coefficient (Wildman–Crippen LogP) is 2.79. The van der Waals surface area contributed by atoms with E-state index in [0.29, 0.717) is 12.1 Å². The van der Waals surface area contributed by atoms with Gasteiger partial charge in [-0.1, -0.05) is 12.8 Å². The van der Waals surface area contributed by atoms with Crippen molar-refractivity contribution in [2.75, 3.05) is 18.0 Å². The van der Waals surface area contributed by atoms with Crippen molar-refractivity contribution in [1.29, 1.82) is 0 Å². The Morgan fingerprint density at radius 2 is 1.78 bits per heavy atom. The maximum Gasteiger partial charge on any atom is 0.253 e. The summed E-state index contributed by atoms with van der Waals surface area (Å²) in [4.78, 5) is 22.9. The molecule has 3 heterocycles. The second-order valence-corrected chi connectivity index (χ2v) is 5.87. The fraction of sp³-hybridized carbons (Fsp3) is 0.389. The van der Waals surface area contributed by atoms with Crippen LogP contribution in [0.15, 0.2) is 43.0 Å². The van der Waals surface area contributed by atoms with E-state index in [-0.39, 0.29) is 5.91 Å². The van der Waals surface area contributed by atoms with Crippen LogP contribution in [-0.4, -0.2) is 29.0 Å². The minimum absolute atomic E-state index is 0.0917. The van der Waals surface area contributed by atoms with Crippen LogP contribution in [0.4, 0.5) is 5.69 Å². The summed E-state index contributed by atoms with van der Waals surface area (Å²) in [5.74, 6) is -0.0917. The van der Waals surface area contributed by atoms with Crippen LogP contribution in [-0.2, 0) is 6.54 Å². The van der Waals surface area contributed by atoms with Crippen molar-refractivity contribution in [1.82, 2.24) is 15.3 Å². The van der Waals surface area contributed by atoms with Gasteiger partial charge in [0.2, 0.25) is 0 Å². The number of hydrogen-bond donors (Lipinski definition) is 1. The molecule has 0 bridgehead atoms. The number of nitrogens with one attached hydrogen (secondary N) is 1. The second kappa shape index (κ2) is 7.72. The standard InChI is InChI=1S/C18H22N4O/c23-18(21-12-15-5-7-19-8-6-15)16-11-17(14-20-13-16)22-9-3-1-2-4-10-22/h5-8,11,13-14H,1-4,9-10,12H2,(H,21,23). The van der Waals surface area contributed by atoms with Gasteiger partial charge in [0.05, 0.1) is 17.4 Å². The van der Waals surface area contributed by atoms with Gasteiger partial charge in [-0.15, -0.1) is 0 Å². The largest absolute Gasteiger partial charge is 0.370 e. The number of carbonyl (C=O) groups excluding carboxylic acids is 1. The molecule has 1 saturated heterocycles. The molecule has 0 saturated carbocycles. The molecule has 5 nitrogen and oxygen atoms in total. The molecule has 2 aromatic heterocycles. The van der Waals surface area contributed by atoms with E-state index in [4.69, 9.17) is 0 Å². The highest BCUT2D eigenvalue weighted by Crippen LogP contribution is 2.19. The number of pyridine rings is 2. The van der Waals surface area contributed by atoms with Crippen LogP contribution in [0.2, 0.25) is 0 Å². The number of carbonyl (C=O) groups is 1. The van der Waals surface area contributed by atoms with Crippen LogP contribution in [0, 0.1) is 0 Å². The van der Waals surface area contributed by atoms with Crippen molar-refractivity contribution in [2.45, 2.75) is 32.2 Å². The third-order valence-corrected chi connectivity index (χ3v) is 4.16. The van der Waals surface area contributed by atoms with Gasteiger partial charge in [0.1, 0.15) is 0 Å². The van der Waals surface area contributed by atoms with Gasteiger partial charge >= 0.3 is 0 Å². The van der Waals surface area contributed by atoms with Crippen molar-refractivity contribution < 1.29 is 4.79 Å². The number of anilines is 1. The molecule has 0 atom stereocenters. The van der Waals surface area contributed by atoms with Gasteiger partial charge in [0, 0.05) is 38.2 Å². The fourth-order valence-corrected chi connectivity index (χ4v) is 2.84. The third-order valence-electron chi connectivity index (χ3n) is 4.16. The highest BCUT2D eigenvalue weighted by molar-refractivity contribution is 5.94. The second-order valence-electron chi connectivity index (χ2n) is 5.87. The van der Waals surface area contributed by atoms with Crippen molar-refractivity contribution >= 4 is 11.6 Å². The van der Waals surface area contributed by atoms with Crippen molar-refractivity contribution in [2.24, 2.45) is 0 Å². The first-order chi connectivity index (χ1) is 11.3. The third kappa shape index (κ3) is 4.28. The topological polar surface area (TPSA) is 58.1 Å². The first kappa shape index (κ1) is 15.5. The zero-order valence-corrected chi connectivity index (χ0v) is 13.2. The summed E-state index contributed by atoms with van der Waals surface area (Å²) in [6, 6.07) is 5.73. The van der Waals surface area contributed by atoms with Crippen LogP contribution < -0.4 is 10.2 Å². The Morgan fingerprint density at radius 3 is 2.52 bits per heavy atom. The molecule has 0 unspecified atom stereocenters. The highest BCUT2D eigenvalue weighted by Gasteiger charge is 2.13. The van der Waals surface area contributed by atoms with Crippen molar-refractivity contribution in [3.63, 3.8) is 0 Å². The molecule has 0 radical (unpaired) electrons. The van der Waals surface area contributed by atoms with E-state index in [1.165, 1.54) is 25.7 Å². The highest BCUT2D eigenvalue weighted by atomic mass is 16.1. The Bertz CT molecular complexity index is 636. The molecule has 1 aliphatic rings. The van der Waals surface area contributed by atoms with Crippen LogP contribution in [0.3, 0.4) is 0 Å². The molecule has 3 rings (SSSR count). The van der Waals surface area contributed by atoms with Gasteiger partial charge in [0.25, 0.3) is 5.91 Å². The summed E-state index contributed by atoms with van der Waals surface area (Å²) in [6.07, 6.45) is 11.9. The summed E-state index contributed by atoms with van der Waals surface area (Å²) in [5.41, 5.74) is 2.69. The van der Waals surface area contributed by atoms with Gasteiger partial charge in [0.15, 0.2) is 0 Å². The molecule has 1 fully saturated rings. The van der Waals surface area contributed by atoms with E-state index < -0.39 is 0 Å². The van der Waals surface area contributed by atoms with E-state index >= 15 is 0 Å². The van der Waals surface area contributed by atoms with Gasteiger partial charge in [-0.2, -0.15) is 0 Å². The lowest BCUT2D eigenvalue weighted by Gasteiger charge is -2.22. The molecule has 120 valence electrons. The van der Waals surface area contributed by atoms with E-state index in [9.17, 15) is 4.79 Å². The summed E-state index contributed by atoms with van der Waals surface area (Å²) < 4.78 is 0. The lowest BCUT2D eigenvalue weighted by Crippen LogP contribution is -2.26. The molecular weight excluding hydrogens is 288 g/mol. The molecule has 23 heavy (non-hydrogen) atoms. The Labute approximate surface area is 136 Å². The zero-order chi connectivity index (χ0) is 15.9. The molecule has 5 heteroatoms. The molecule has 2 aromatic rings. The van der Waals surface area contributed by atoms with Crippen LogP contribution >= 0.6 is 0 Å². The zero-order valence-electron chi connectivity index (χ0n) is 13.2. The Morgan fingerprint density at radius 1 is 1.04 bits per heavy atom. The van der Waals surface area contributed by atoms with Crippen molar-refractivity contribution in [3.05, 3.63) is 54.1 Å². The minimum Gasteiger partial charge on any atom is -0.370 e. The molecule has 1 amide bonds. The van der Waals surface area contributed by atoms with Crippen LogP contribution in [0.25, 0.3) is 0 Å². The van der Waals surface area contributed by atoms with E-state index in [1.54, 1.807) is 18.6 Å². The maximum atomic E-state index is 12.3. The van der Waals surface area contributed by atoms with Gasteiger partial charge in [-0.25, -0.2) is 0 Å². The van der Waals surface area contributed by atoms with Gasteiger partial charge < -0.3 is 10.2 Å². The maximum absolute atomic E-state index is 12.3. The lowest BCUT2D eigenvalue weighted by molar-refractivity contribution is 0.0950. The molecule has 0 spiro atoms. The van der Waals surface area contributed by atoms with E-state index in [2.05, 4.69) is 20.2 Å². The first-order valence-corrected chi connectivity index (χ1v) is 8.20. The number of amides is 1. The summed E-state index contributed by atoms with van der Waals surface area (Å²) >= 11 is 0. The lowest BCUT2D eigenvalue weighted by atomic mass is 10.2. The smallest absolute Gasteiger partial charge is 0.253 e. The van der Waals surface area contributed by atoms with E-state index in [1.807, 2.05) is 24.4 Å². The summed E-state index contributed by atoms with van der Waals surface area (Å²) in [7, 11) is 0. The molecule has 1 aliphatic heterocycles. The first-order valence-electron chi connectivity index (χ1n) is 8.20. The fourth-order valence-electron chi connectivity index (χ4n) is 2.84. The number of nitrogens with zero attached hydrogens (tertiary/aromatic N) is 3.